The SMILES string of the molecule is CC(C)SSc1ccc[c-][n+]1C. The van der Waals surface area contributed by atoms with Gasteiger partial charge in [-0.25, -0.2) is 0 Å². The van der Waals surface area contributed by atoms with E-state index >= 15 is 0 Å². The third-order valence-corrected chi connectivity index (χ3v) is 4.28. The molecule has 0 fully saturated rings. The second kappa shape index (κ2) is 4.77. The molecule has 0 N–H and O–H groups in total. The Morgan fingerprint density at radius 2 is 2.25 bits per heavy atom. The minimum atomic E-state index is 0.662. The van der Waals surface area contributed by atoms with Crippen LogP contribution in [-0.4, -0.2) is 5.25 Å². The Labute approximate surface area is 82.0 Å². The maximum Gasteiger partial charge on any atom is 0.143 e. The van der Waals surface area contributed by atoms with Gasteiger partial charge in [0.1, 0.15) is 18.3 Å². The molecule has 1 nitrogen and oxygen atoms in total. The van der Waals surface area contributed by atoms with Gasteiger partial charge in [0.15, 0.2) is 0 Å². The molecule has 3 heteroatoms. The normalized spacial score (nSPS) is 10.7. The van der Waals surface area contributed by atoms with Crippen molar-refractivity contribution in [2.24, 2.45) is 7.05 Å². The van der Waals surface area contributed by atoms with Gasteiger partial charge in [-0.15, -0.1) is 6.07 Å². The first-order chi connectivity index (χ1) is 5.70. The fourth-order valence-corrected chi connectivity index (χ4v) is 2.65. The summed E-state index contributed by atoms with van der Waals surface area (Å²) in [5.41, 5.74) is 0. The van der Waals surface area contributed by atoms with Gasteiger partial charge in [-0.1, -0.05) is 41.5 Å². The lowest BCUT2D eigenvalue weighted by atomic mass is 10.5. The molecule has 1 aromatic rings. The largest absolute Gasteiger partial charge is 0.301 e. The van der Waals surface area contributed by atoms with Crippen LogP contribution >= 0.6 is 21.6 Å². The number of rotatable bonds is 3. The highest BCUT2D eigenvalue weighted by Gasteiger charge is 1.99. The molecule has 0 saturated carbocycles. The van der Waals surface area contributed by atoms with Gasteiger partial charge in [-0.2, -0.15) is 6.07 Å². The van der Waals surface area contributed by atoms with Crippen LogP contribution in [0.4, 0.5) is 0 Å². The molecule has 0 saturated heterocycles. The average molecular weight is 199 g/mol. The molecule has 12 heavy (non-hydrogen) atoms. The zero-order chi connectivity index (χ0) is 8.97. The lowest BCUT2D eigenvalue weighted by molar-refractivity contribution is -0.712. The van der Waals surface area contributed by atoms with E-state index in [0.29, 0.717) is 5.25 Å². The summed E-state index contributed by atoms with van der Waals surface area (Å²) in [5.74, 6) is 0. The Hall–Kier alpha value is -0.150. The quantitative estimate of drug-likeness (QED) is 0.418. The molecule has 66 valence electrons. The molecule has 1 rings (SSSR count). The average Bonchev–Trinajstić information content (AvgIpc) is 2.03. The third kappa shape index (κ3) is 3.07. The van der Waals surface area contributed by atoms with Crippen LogP contribution in [0, 0.1) is 6.20 Å². The summed E-state index contributed by atoms with van der Waals surface area (Å²) >= 11 is 0. The maximum absolute atomic E-state index is 3.11. The van der Waals surface area contributed by atoms with Crippen LogP contribution < -0.4 is 4.57 Å². The highest BCUT2D eigenvalue weighted by atomic mass is 33.1. The zero-order valence-electron chi connectivity index (χ0n) is 7.57. The van der Waals surface area contributed by atoms with E-state index in [1.165, 1.54) is 5.03 Å². The van der Waals surface area contributed by atoms with Crippen molar-refractivity contribution in [2.75, 3.05) is 0 Å². The monoisotopic (exact) mass is 199 g/mol. The molecular weight excluding hydrogens is 186 g/mol. The van der Waals surface area contributed by atoms with Crippen LogP contribution in [0.3, 0.4) is 0 Å². The van der Waals surface area contributed by atoms with Crippen molar-refractivity contribution in [1.29, 1.82) is 0 Å². The molecule has 0 aliphatic rings. The van der Waals surface area contributed by atoms with E-state index in [1.807, 2.05) is 34.5 Å². The summed E-state index contributed by atoms with van der Waals surface area (Å²) in [5, 5.41) is 1.91. The smallest absolute Gasteiger partial charge is 0.143 e. The maximum atomic E-state index is 3.11. The fraction of sp³-hybridized carbons (Fsp3) is 0.444. The predicted molar refractivity (Wildman–Crippen MR) is 55.0 cm³/mol. The third-order valence-electron chi connectivity index (χ3n) is 1.26. The molecule has 0 aliphatic heterocycles. The Kier molecular flexibility index (Phi) is 3.95. The van der Waals surface area contributed by atoms with Crippen molar-refractivity contribution in [3.05, 3.63) is 24.4 Å². The second-order valence-corrected chi connectivity index (χ2v) is 5.58. The molecule has 0 bridgehead atoms. The lowest BCUT2D eigenvalue weighted by Gasteiger charge is -2.06. The van der Waals surface area contributed by atoms with Crippen LogP contribution in [0.1, 0.15) is 13.8 Å². The van der Waals surface area contributed by atoms with Gasteiger partial charge in [0, 0.05) is 5.25 Å². The number of nitrogens with zero attached hydrogens (tertiary/aromatic N) is 1. The summed E-state index contributed by atoms with van der Waals surface area (Å²) in [7, 11) is 5.69. The second-order valence-electron chi connectivity index (χ2n) is 2.78. The zero-order valence-corrected chi connectivity index (χ0v) is 9.21. The molecule has 0 aromatic carbocycles. The van der Waals surface area contributed by atoms with E-state index in [1.54, 1.807) is 10.8 Å². The van der Waals surface area contributed by atoms with Crippen molar-refractivity contribution in [1.82, 2.24) is 0 Å². The summed E-state index contributed by atoms with van der Waals surface area (Å²) < 4.78 is 2.01. The summed E-state index contributed by atoms with van der Waals surface area (Å²) in [4.78, 5) is 0. The summed E-state index contributed by atoms with van der Waals surface area (Å²) in [6.45, 7) is 4.40. The first kappa shape index (κ1) is 9.93. The van der Waals surface area contributed by atoms with Crippen molar-refractivity contribution < 1.29 is 4.57 Å². The van der Waals surface area contributed by atoms with Crippen LogP contribution in [0.15, 0.2) is 23.2 Å². The van der Waals surface area contributed by atoms with Gasteiger partial charge in [-0.05, 0) is 0 Å². The highest BCUT2D eigenvalue weighted by Crippen LogP contribution is 2.31. The van der Waals surface area contributed by atoms with E-state index in [4.69, 9.17) is 0 Å². The van der Waals surface area contributed by atoms with E-state index in [0.717, 1.165) is 0 Å². The van der Waals surface area contributed by atoms with Crippen LogP contribution in [-0.2, 0) is 7.05 Å². The van der Waals surface area contributed by atoms with Crippen molar-refractivity contribution in [2.45, 2.75) is 24.1 Å². The number of aromatic nitrogens is 1. The van der Waals surface area contributed by atoms with Gasteiger partial charge in [-0.3, -0.25) is 0 Å². The van der Waals surface area contributed by atoms with E-state index in [2.05, 4.69) is 26.1 Å². The lowest BCUT2D eigenvalue weighted by Crippen LogP contribution is -2.30. The van der Waals surface area contributed by atoms with Crippen molar-refractivity contribution in [3.8, 4) is 0 Å². The molecule has 0 aliphatic carbocycles. The Bertz CT molecular complexity index is 248. The number of aryl methyl sites for hydroxylation is 1. The fourth-order valence-electron chi connectivity index (χ4n) is 0.690. The predicted octanol–water partition coefficient (Wildman–Crippen LogP) is 2.46. The molecule has 1 aromatic heterocycles. The molecule has 0 amide bonds. The highest BCUT2D eigenvalue weighted by molar-refractivity contribution is 8.76. The van der Waals surface area contributed by atoms with Gasteiger partial charge < -0.3 is 4.57 Å². The number of hydrogen-bond acceptors (Lipinski definition) is 2. The van der Waals surface area contributed by atoms with Gasteiger partial charge in [0.25, 0.3) is 0 Å². The summed E-state index contributed by atoms with van der Waals surface area (Å²) in [6, 6.07) is 6.05. The first-order valence-corrected chi connectivity index (χ1v) is 6.11. The van der Waals surface area contributed by atoms with E-state index in [-0.39, 0.29) is 0 Å². The van der Waals surface area contributed by atoms with Gasteiger partial charge in [0.05, 0.1) is 0 Å². The molecule has 0 atom stereocenters. The standard InChI is InChI=1S/C9H13NS2/c1-8(2)11-12-9-6-4-5-7-10(9)3/h4-6,8H,1-3H3. The van der Waals surface area contributed by atoms with E-state index < -0.39 is 0 Å². The van der Waals surface area contributed by atoms with Gasteiger partial charge in [0.2, 0.25) is 0 Å². The Balaban J connectivity index is 2.57. The number of pyridine rings is 1. The van der Waals surface area contributed by atoms with Crippen molar-refractivity contribution >= 4 is 21.6 Å². The topological polar surface area (TPSA) is 3.88 Å². The van der Waals surface area contributed by atoms with Crippen LogP contribution in [0.25, 0.3) is 0 Å². The number of hydrogen-bond donors (Lipinski definition) is 0. The summed E-state index contributed by atoms with van der Waals surface area (Å²) in [6.07, 6.45) is 3.11. The molecule has 1 heterocycles. The molecular formula is C9H13NS2. The Morgan fingerprint density at radius 1 is 1.50 bits per heavy atom. The first-order valence-electron chi connectivity index (χ1n) is 3.90. The molecule has 0 spiro atoms. The molecule has 0 radical (unpaired) electrons. The molecule has 0 unspecified atom stereocenters. The minimum Gasteiger partial charge on any atom is -0.301 e. The minimum absolute atomic E-state index is 0.662. The van der Waals surface area contributed by atoms with Crippen LogP contribution in [0.2, 0.25) is 0 Å². The Morgan fingerprint density at radius 3 is 2.83 bits per heavy atom. The van der Waals surface area contributed by atoms with Gasteiger partial charge >= 0.3 is 0 Å². The van der Waals surface area contributed by atoms with Crippen molar-refractivity contribution in [3.63, 3.8) is 0 Å². The van der Waals surface area contributed by atoms with Crippen LogP contribution in [0.5, 0.6) is 0 Å². The van der Waals surface area contributed by atoms with E-state index in [9.17, 15) is 0 Å².